The number of H-pyrrole nitrogens is 1. The van der Waals surface area contributed by atoms with Gasteiger partial charge in [-0.05, 0) is 38.0 Å². The molecule has 1 saturated carbocycles. The van der Waals surface area contributed by atoms with E-state index in [2.05, 4.69) is 37.0 Å². The molecule has 2 aliphatic rings. The zero-order chi connectivity index (χ0) is 20.3. The van der Waals surface area contributed by atoms with Crippen molar-refractivity contribution >= 4 is 16.7 Å². The third-order valence-corrected chi connectivity index (χ3v) is 5.91. The normalized spacial score (nSPS) is 17.2. The van der Waals surface area contributed by atoms with E-state index in [1.54, 1.807) is 6.33 Å². The first-order chi connectivity index (χ1) is 14.6. The molecule has 30 heavy (non-hydrogen) atoms. The van der Waals surface area contributed by atoms with Crippen molar-refractivity contribution in [3.8, 4) is 17.1 Å². The number of aromatic nitrogens is 5. The number of ether oxygens (including phenoxy) is 1. The molecule has 0 radical (unpaired) electrons. The Kier molecular flexibility index (Phi) is 3.65. The van der Waals surface area contributed by atoms with E-state index in [0.29, 0.717) is 12.4 Å². The van der Waals surface area contributed by atoms with E-state index in [-0.39, 0.29) is 5.60 Å². The van der Waals surface area contributed by atoms with Gasteiger partial charge in [0.25, 0.3) is 0 Å². The van der Waals surface area contributed by atoms with E-state index < -0.39 is 0 Å². The number of aromatic amines is 1. The SMILES string of the molecule is Cc1nc2c(o1)CCN(c1cc(-c3n[nH]c4ccc(OC5(C)CC5)cc34)ncn1)C2. The van der Waals surface area contributed by atoms with Gasteiger partial charge in [-0.3, -0.25) is 5.10 Å². The minimum Gasteiger partial charge on any atom is -0.488 e. The summed E-state index contributed by atoms with van der Waals surface area (Å²) in [6.45, 7) is 5.54. The maximum absolute atomic E-state index is 6.14. The highest BCUT2D eigenvalue weighted by Crippen LogP contribution is 2.40. The summed E-state index contributed by atoms with van der Waals surface area (Å²) in [5.74, 6) is 3.42. The summed E-state index contributed by atoms with van der Waals surface area (Å²) < 4.78 is 11.8. The number of nitrogens with zero attached hydrogens (tertiary/aromatic N) is 5. The van der Waals surface area contributed by atoms with Crippen LogP contribution in [-0.4, -0.2) is 37.3 Å². The summed E-state index contributed by atoms with van der Waals surface area (Å²) in [5.41, 5.74) is 3.50. The smallest absolute Gasteiger partial charge is 0.191 e. The molecule has 0 saturated heterocycles. The fraction of sp³-hybridized carbons (Fsp3) is 0.364. The van der Waals surface area contributed by atoms with E-state index in [0.717, 1.165) is 71.1 Å². The third-order valence-electron chi connectivity index (χ3n) is 5.91. The molecular weight excluding hydrogens is 380 g/mol. The van der Waals surface area contributed by atoms with Gasteiger partial charge in [0.1, 0.15) is 40.6 Å². The number of hydrogen-bond acceptors (Lipinski definition) is 7. The van der Waals surface area contributed by atoms with Crippen molar-refractivity contribution in [2.24, 2.45) is 0 Å². The van der Waals surface area contributed by atoms with Crippen LogP contribution in [0.1, 0.15) is 37.1 Å². The minimum atomic E-state index is -0.0216. The summed E-state index contributed by atoms with van der Waals surface area (Å²) in [5, 5.41) is 8.63. The Morgan fingerprint density at radius 1 is 1.20 bits per heavy atom. The third kappa shape index (κ3) is 2.99. The molecule has 1 N–H and O–H groups in total. The van der Waals surface area contributed by atoms with Gasteiger partial charge in [0.15, 0.2) is 5.89 Å². The molecule has 0 amide bonds. The molecule has 152 valence electrons. The Balaban J connectivity index is 1.33. The highest BCUT2D eigenvalue weighted by atomic mass is 16.5. The van der Waals surface area contributed by atoms with Crippen molar-refractivity contribution in [2.75, 3.05) is 11.4 Å². The molecule has 4 heterocycles. The quantitative estimate of drug-likeness (QED) is 0.555. The van der Waals surface area contributed by atoms with Crippen LogP contribution in [0.3, 0.4) is 0 Å². The van der Waals surface area contributed by atoms with E-state index in [4.69, 9.17) is 9.15 Å². The van der Waals surface area contributed by atoms with Crippen molar-refractivity contribution < 1.29 is 9.15 Å². The number of hydrogen-bond donors (Lipinski definition) is 1. The fourth-order valence-electron chi connectivity index (χ4n) is 3.99. The van der Waals surface area contributed by atoms with Crippen LogP contribution in [0, 0.1) is 6.92 Å². The van der Waals surface area contributed by atoms with Gasteiger partial charge < -0.3 is 14.1 Å². The van der Waals surface area contributed by atoms with Crippen LogP contribution >= 0.6 is 0 Å². The highest BCUT2D eigenvalue weighted by Gasteiger charge is 2.40. The van der Waals surface area contributed by atoms with Crippen LogP contribution in [-0.2, 0) is 13.0 Å². The maximum Gasteiger partial charge on any atom is 0.191 e. The number of fused-ring (bicyclic) bond motifs is 2. The number of benzene rings is 1. The zero-order valence-corrected chi connectivity index (χ0v) is 17.0. The summed E-state index contributed by atoms with van der Waals surface area (Å²) in [6, 6.07) is 8.03. The van der Waals surface area contributed by atoms with E-state index in [1.807, 2.05) is 31.2 Å². The van der Waals surface area contributed by atoms with Gasteiger partial charge in [-0.15, -0.1) is 0 Å². The second kappa shape index (κ2) is 6.29. The van der Waals surface area contributed by atoms with Gasteiger partial charge in [-0.1, -0.05) is 0 Å². The average molecular weight is 402 g/mol. The Morgan fingerprint density at radius 3 is 2.97 bits per heavy atom. The van der Waals surface area contributed by atoms with Crippen LogP contribution in [0.15, 0.2) is 35.0 Å². The van der Waals surface area contributed by atoms with E-state index >= 15 is 0 Å². The molecule has 3 aromatic heterocycles. The molecule has 1 fully saturated rings. The lowest BCUT2D eigenvalue weighted by atomic mass is 10.1. The number of aryl methyl sites for hydroxylation is 1. The predicted octanol–water partition coefficient (Wildman–Crippen LogP) is 3.81. The number of rotatable bonds is 4. The van der Waals surface area contributed by atoms with Crippen molar-refractivity contribution in [1.29, 1.82) is 0 Å². The van der Waals surface area contributed by atoms with Crippen molar-refractivity contribution in [2.45, 2.75) is 45.3 Å². The van der Waals surface area contributed by atoms with Crippen LogP contribution in [0.4, 0.5) is 5.82 Å². The Morgan fingerprint density at radius 2 is 2.10 bits per heavy atom. The van der Waals surface area contributed by atoms with E-state index in [1.165, 1.54) is 0 Å². The van der Waals surface area contributed by atoms with Gasteiger partial charge in [-0.2, -0.15) is 5.10 Å². The molecule has 1 aromatic carbocycles. The first-order valence-electron chi connectivity index (χ1n) is 10.3. The predicted molar refractivity (Wildman–Crippen MR) is 111 cm³/mol. The molecule has 6 rings (SSSR count). The minimum absolute atomic E-state index is 0.0216. The molecular formula is C22H22N6O2. The molecule has 1 aliphatic carbocycles. The van der Waals surface area contributed by atoms with Gasteiger partial charge in [0, 0.05) is 31.3 Å². The first-order valence-corrected chi connectivity index (χ1v) is 10.3. The Labute approximate surface area is 173 Å². The Bertz CT molecular complexity index is 1260. The van der Waals surface area contributed by atoms with Gasteiger partial charge in [0.05, 0.1) is 17.8 Å². The summed E-state index contributed by atoms with van der Waals surface area (Å²) in [7, 11) is 0. The first kappa shape index (κ1) is 17.4. The monoisotopic (exact) mass is 402 g/mol. The van der Waals surface area contributed by atoms with Crippen molar-refractivity contribution in [3.05, 3.63) is 47.9 Å². The van der Waals surface area contributed by atoms with Gasteiger partial charge in [0.2, 0.25) is 0 Å². The lowest BCUT2D eigenvalue weighted by molar-refractivity contribution is 0.200. The summed E-state index contributed by atoms with van der Waals surface area (Å²) in [4.78, 5) is 15.7. The number of anilines is 1. The second-order valence-electron chi connectivity index (χ2n) is 8.37. The zero-order valence-electron chi connectivity index (χ0n) is 17.0. The summed E-state index contributed by atoms with van der Waals surface area (Å²) >= 11 is 0. The lowest BCUT2D eigenvalue weighted by Crippen LogP contribution is -2.30. The van der Waals surface area contributed by atoms with Crippen LogP contribution in [0.5, 0.6) is 5.75 Å². The molecule has 1 aliphatic heterocycles. The van der Waals surface area contributed by atoms with Gasteiger partial charge >= 0.3 is 0 Å². The second-order valence-corrected chi connectivity index (χ2v) is 8.37. The molecule has 0 unspecified atom stereocenters. The standard InChI is InChI=1S/C22H22N6O2/c1-13-25-18-11-28(8-5-19(18)29-13)20-10-17(23-12-24-20)21-15-9-14(30-22(2)6-7-22)3-4-16(15)26-27-21/h3-4,9-10,12H,5-8,11H2,1-2H3,(H,26,27). The van der Waals surface area contributed by atoms with Crippen LogP contribution in [0.2, 0.25) is 0 Å². The molecule has 0 atom stereocenters. The van der Waals surface area contributed by atoms with Gasteiger partial charge in [-0.25, -0.2) is 15.0 Å². The number of oxazole rings is 1. The van der Waals surface area contributed by atoms with Crippen molar-refractivity contribution in [1.82, 2.24) is 25.1 Å². The molecule has 8 nitrogen and oxygen atoms in total. The molecule has 4 aromatic rings. The molecule has 0 spiro atoms. The van der Waals surface area contributed by atoms with E-state index in [9.17, 15) is 0 Å². The summed E-state index contributed by atoms with van der Waals surface area (Å²) in [6.07, 6.45) is 4.61. The lowest BCUT2D eigenvalue weighted by Gasteiger charge is -2.26. The highest BCUT2D eigenvalue weighted by molar-refractivity contribution is 5.93. The fourth-order valence-corrected chi connectivity index (χ4v) is 3.99. The topological polar surface area (TPSA) is 93.0 Å². The van der Waals surface area contributed by atoms with Crippen molar-refractivity contribution in [3.63, 3.8) is 0 Å². The average Bonchev–Trinajstić information content (AvgIpc) is 3.16. The largest absolute Gasteiger partial charge is 0.488 e. The maximum atomic E-state index is 6.14. The molecule has 8 heteroatoms. The molecule has 0 bridgehead atoms. The van der Waals surface area contributed by atoms with Crippen LogP contribution < -0.4 is 9.64 Å². The Hall–Kier alpha value is -3.42. The van der Waals surface area contributed by atoms with Crippen LogP contribution in [0.25, 0.3) is 22.3 Å². The number of nitrogens with one attached hydrogen (secondary N) is 1.